The third-order valence-electron chi connectivity index (χ3n) is 4.52. The standard InChI is InChI=1S/C17H24N2O2/c1-13(2)18-16(20)19-11-9-17(10-12-19)8-7-14-5-3-4-6-15(14)21-17/h3-6,13H,7-12H2,1-2H3,(H,18,20). The number of rotatable bonds is 1. The summed E-state index contributed by atoms with van der Waals surface area (Å²) in [5.74, 6) is 1.03. The van der Waals surface area contributed by atoms with Gasteiger partial charge in [-0.15, -0.1) is 0 Å². The van der Waals surface area contributed by atoms with Crippen molar-refractivity contribution in [2.45, 2.75) is 51.2 Å². The summed E-state index contributed by atoms with van der Waals surface area (Å²) in [4.78, 5) is 14.0. The molecule has 114 valence electrons. The zero-order chi connectivity index (χ0) is 14.9. The third kappa shape index (κ3) is 2.99. The van der Waals surface area contributed by atoms with E-state index < -0.39 is 0 Å². The molecule has 1 N–H and O–H groups in total. The molecule has 0 radical (unpaired) electrons. The molecule has 1 saturated heterocycles. The maximum absolute atomic E-state index is 12.1. The van der Waals surface area contributed by atoms with Gasteiger partial charge in [-0.1, -0.05) is 18.2 Å². The van der Waals surface area contributed by atoms with Crippen LogP contribution in [0.1, 0.15) is 38.7 Å². The van der Waals surface area contributed by atoms with Crippen LogP contribution in [0.2, 0.25) is 0 Å². The number of benzene rings is 1. The zero-order valence-electron chi connectivity index (χ0n) is 12.9. The van der Waals surface area contributed by atoms with E-state index in [2.05, 4.69) is 23.5 Å². The summed E-state index contributed by atoms with van der Waals surface area (Å²) in [5.41, 5.74) is 1.24. The van der Waals surface area contributed by atoms with E-state index >= 15 is 0 Å². The predicted molar refractivity (Wildman–Crippen MR) is 82.6 cm³/mol. The van der Waals surface area contributed by atoms with Crippen molar-refractivity contribution in [2.24, 2.45) is 0 Å². The monoisotopic (exact) mass is 288 g/mol. The Morgan fingerprint density at radius 2 is 1.95 bits per heavy atom. The van der Waals surface area contributed by atoms with Gasteiger partial charge in [0.1, 0.15) is 11.4 Å². The number of carbonyl (C=O) groups is 1. The number of aryl methyl sites for hydroxylation is 1. The van der Waals surface area contributed by atoms with Gasteiger partial charge in [-0.25, -0.2) is 4.79 Å². The second kappa shape index (κ2) is 5.58. The molecule has 0 unspecified atom stereocenters. The molecule has 2 aliphatic heterocycles. The van der Waals surface area contributed by atoms with Crippen molar-refractivity contribution in [3.8, 4) is 5.75 Å². The van der Waals surface area contributed by atoms with Gasteiger partial charge in [0.2, 0.25) is 0 Å². The number of nitrogens with zero attached hydrogens (tertiary/aromatic N) is 1. The lowest BCUT2D eigenvalue weighted by Crippen LogP contribution is -2.53. The van der Waals surface area contributed by atoms with Crippen molar-refractivity contribution in [2.75, 3.05) is 13.1 Å². The minimum atomic E-state index is -0.0665. The fourth-order valence-corrected chi connectivity index (χ4v) is 3.26. The van der Waals surface area contributed by atoms with Gasteiger partial charge >= 0.3 is 6.03 Å². The number of ether oxygens (including phenoxy) is 1. The largest absolute Gasteiger partial charge is 0.487 e. The molecule has 0 aliphatic carbocycles. The maximum Gasteiger partial charge on any atom is 0.317 e. The highest BCUT2D eigenvalue weighted by Gasteiger charge is 2.40. The highest BCUT2D eigenvalue weighted by atomic mass is 16.5. The van der Waals surface area contributed by atoms with Crippen LogP contribution in [0, 0.1) is 0 Å². The first-order chi connectivity index (χ1) is 10.1. The number of hydrogen-bond acceptors (Lipinski definition) is 2. The molecule has 1 spiro atoms. The molecule has 0 atom stereocenters. The van der Waals surface area contributed by atoms with Gasteiger partial charge in [0.25, 0.3) is 0 Å². The lowest BCUT2D eigenvalue weighted by Gasteiger charge is -2.44. The van der Waals surface area contributed by atoms with E-state index in [1.54, 1.807) is 0 Å². The number of nitrogens with one attached hydrogen (secondary N) is 1. The first-order valence-corrected chi connectivity index (χ1v) is 7.90. The minimum absolute atomic E-state index is 0.0519. The summed E-state index contributed by atoms with van der Waals surface area (Å²) in [6.45, 7) is 5.54. The number of fused-ring (bicyclic) bond motifs is 1. The first-order valence-electron chi connectivity index (χ1n) is 7.90. The van der Waals surface area contributed by atoms with Crippen molar-refractivity contribution >= 4 is 6.03 Å². The molecule has 1 fully saturated rings. The van der Waals surface area contributed by atoms with Gasteiger partial charge in [0.15, 0.2) is 0 Å². The molecule has 2 heterocycles. The molecule has 1 aromatic carbocycles. The van der Waals surface area contributed by atoms with Crippen LogP contribution in [0.3, 0.4) is 0 Å². The summed E-state index contributed by atoms with van der Waals surface area (Å²) >= 11 is 0. The SMILES string of the molecule is CC(C)NC(=O)N1CCC2(CCc3ccccc3O2)CC1. The van der Waals surface area contributed by atoms with E-state index in [1.807, 2.05) is 24.8 Å². The number of carbonyl (C=O) groups excluding carboxylic acids is 1. The lowest BCUT2D eigenvalue weighted by atomic mass is 9.83. The number of piperidine rings is 1. The van der Waals surface area contributed by atoms with Crippen LogP contribution in [0.25, 0.3) is 0 Å². The minimum Gasteiger partial charge on any atom is -0.487 e. The number of hydrogen-bond donors (Lipinski definition) is 1. The quantitative estimate of drug-likeness (QED) is 0.863. The Kier molecular flexibility index (Phi) is 3.79. The van der Waals surface area contributed by atoms with Crippen molar-refractivity contribution in [1.29, 1.82) is 0 Å². The summed E-state index contributed by atoms with van der Waals surface area (Å²) in [6.07, 6.45) is 3.98. The van der Waals surface area contributed by atoms with Crippen LogP contribution >= 0.6 is 0 Å². The second-order valence-electron chi connectivity index (χ2n) is 6.48. The van der Waals surface area contributed by atoms with Crippen molar-refractivity contribution in [1.82, 2.24) is 10.2 Å². The Bertz CT molecular complexity index is 519. The van der Waals surface area contributed by atoms with Gasteiger partial charge in [0.05, 0.1) is 0 Å². The molecule has 3 rings (SSSR count). The number of para-hydroxylation sites is 1. The summed E-state index contributed by atoms with van der Waals surface area (Å²) in [7, 11) is 0. The second-order valence-corrected chi connectivity index (χ2v) is 6.48. The molecule has 2 aliphatic rings. The van der Waals surface area contributed by atoms with E-state index in [0.717, 1.165) is 44.5 Å². The molecule has 0 aromatic heterocycles. The van der Waals surface area contributed by atoms with Gasteiger partial charge in [-0.05, 0) is 38.3 Å². The average Bonchev–Trinajstić information content (AvgIpc) is 2.47. The van der Waals surface area contributed by atoms with Gasteiger partial charge in [0, 0.05) is 32.0 Å². The van der Waals surface area contributed by atoms with Crippen LogP contribution in [0.15, 0.2) is 24.3 Å². The predicted octanol–water partition coefficient (Wildman–Crippen LogP) is 2.96. The normalized spacial score (nSPS) is 20.0. The van der Waals surface area contributed by atoms with Gasteiger partial charge in [-0.3, -0.25) is 0 Å². The molecular formula is C17H24N2O2. The Balaban J connectivity index is 1.62. The van der Waals surface area contributed by atoms with Gasteiger partial charge < -0.3 is 15.0 Å². The molecular weight excluding hydrogens is 264 g/mol. The molecule has 0 bridgehead atoms. The van der Waals surface area contributed by atoms with Crippen LogP contribution < -0.4 is 10.1 Å². The smallest absolute Gasteiger partial charge is 0.317 e. The van der Waals surface area contributed by atoms with E-state index in [1.165, 1.54) is 5.56 Å². The van der Waals surface area contributed by atoms with Crippen molar-refractivity contribution < 1.29 is 9.53 Å². The number of amides is 2. The fourth-order valence-electron chi connectivity index (χ4n) is 3.26. The Hall–Kier alpha value is -1.71. The molecule has 0 saturated carbocycles. The van der Waals surface area contributed by atoms with Crippen LogP contribution in [0.5, 0.6) is 5.75 Å². The summed E-state index contributed by atoms with van der Waals surface area (Å²) in [6, 6.07) is 8.55. The van der Waals surface area contributed by atoms with Gasteiger partial charge in [-0.2, -0.15) is 0 Å². The first kappa shape index (κ1) is 14.2. The molecule has 21 heavy (non-hydrogen) atoms. The highest BCUT2D eigenvalue weighted by molar-refractivity contribution is 5.74. The zero-order valence-corrected chi connectivity index (χ0v) is 12.9. The molecule has 4 nitrogen and oxygen atoms in total. The Morgan fingerprint density at radius 3 is 2.67 bits per heavy atom. The Morgan fingerprint density at radius 1 is 1.24 bits per heavy atom. The topological polar surface area (TPSA) is 41.6 Å². The van der Waals surface area contributed by atoms with E-state index in [-0.39, 0.29) is 17.7 Å². The molecule has 2 amide bonds. The molecule has 4 heteroatoms. The fraction of sp³-hybridized carbons (Fsp3) is 0.588. The maximum atomic E-state index is 12.1. The lowest BCUT2D eigenvalue weighted by molar-refractivity contribution is -0.00563. The number of likely N-dealkylation sites (tertiary alicyclic amines) is 1. The average molecular weight is 288 g/mol. The molecule has 1 aromatic rings. The van der Waals surface area contributed by atoms with E-state index in [9.17, 15) is 4.79 Å². The highest BCUT2D eigenvalue weighted by Crippen LogP contribution is 2.39. The Labute approximate surface area is 126 Å². The van der Waals surface area contributed by atoms with E-state index in [0.29, 0.717) is 0 Å². The van der Waals surface area contributed by atoms with Crippen molar-refractivity contribution in [3.05, 3.63) is 29.8 Å². The third-order valence-corrected chi connectivity index (χ3v) is 4.52. The summed E-state index contributed by atoms with van der Waals surface area (Å²) < 4.78 is 6.31. The van der Waals surface area contributed by atoms with Crippen LogP contribution in [-0.2, 0) is 6.42 Å². The van der Waals surface area contributed by atoms with Crippen molar-refractivity contribution in [3.63, 3.8) is 0 Å². The van der Waals surface area contributed by atoms with E-state index in [4.69, 9.17) is 4.74 Å². The number of urea groups is 1. The summed E-state index contributed by atoms with van der Waals surface area (Å²) in [5, 5.41) is 2.97. The van der Waals surface area contributed by atoms with Crippen LogP contribution in [0.4, 0.5) is 4.79 Å². The van der Waals surface area contributed by atoms with Crippen LogP contribution in [-0.4, -0.2) is 35.7 Å².